The van der Waals surface area contributed by atoms with Gasteiger partial charge in [0.2, 0.25) is 11.8 Å². The summed E-state index contributed by atoms with van der Waals surface area (Å²) in [6, 6.07) is 16.4. The van der Waals surface area contributed by atoms with Crippen molar-refractivity contribution in [2.75, 3.05) is 10.8 Å². The van der Waals surface area contributed by atoms with Crippen LogP contribution < -0.4 is 9.62 Å². The van der Waals surface area contributed by atoms with Crippen molar-refractivity contribution in [1.29, 1.82) is 0 Å². The fourth-order valence-electron chi connectivity index (χ4n) is 3.93. The molecule has 0 bridgehead atoms. The average molecular weight is 625 g/mol. The highest BCUT2D eigenvalue weighted by molar-refractivity contribution is 7.92. The fourth-order valence-corrected chi connectivity index (χ4v) is 5.93. The van der Waals surface area contributed by atoms with Crippen molar-refractivity contribution in [2.45, 2.75) is 57.6 Å². The van der Waals surface area contributed by atoms with E-state index in [2.05, 4.69) is 5.32 Å². The van der Waals surface area contributed by atoms with Crippen molar-refractivity contribution in [3.8, 4) is 0 Å². The Balaban J connectivity index is 2.05. The van der Waals surface area contributed by atoms with Gasteiger partial charge < -0.3 is 10.2 Å². The SMILES string of the molecule is CCC(C)NC(=O)C(C)N(Cc1ccc(Cl)cc1Cl)C(=O)CN(c1cccc(C)c1)S(=O)(=O)c1ccc(Cl)cc1. The Bertz CT molecular complexity index is 1470. The first-order chi connectivity index (χ1) is 18.8. The minimum Gasteiger partial charge on any atom is -0.352 e. The van der Waals surface area contributed by atoms with E-state index in [1.807, 2.05) is 26.8 Å². The van der Waals surface area contributed by atoms with Crippen LogP contribution in [0.2, 0.25) is 15.1 Å². The second-order valence-corrected chi connectivity index (χ2v) is 12.7. The molecule has 0 spiro atoms. The average Bonchev–Trinajstić information content (AvgIpc) is 2.90. The lowest BCUT2D eigenvalue weighted by Gasteiger charge is -2.32. The fraction of sp³-hybridized carbons (Fsp3) is 0.310. The smallest absolute Gasteiger partial charge is 0.264 e. The van der Waals surface area contributed by atoms with Crippen LogP contribution in [0.15, 0.2) is 71.6 Å². The Morgan fingerprint density at radius 3 is 2.17 bits per heavy atom. The molecule has 2 amide bonds. The van der Waals surface area contributed by atoms with Crippen molar-refractivity contribution in [2.24, 2.45) is 0 Å². The summed E-state index contributed by atoms with van der Waals surface area (Å²) in [5.41, 5.74) is 1.68. The first kappa shape index (κ1) is 31.7. The van der Waals surface area contributed by atoms with E-state index < -0.39 is 28.5 Å². The largest absolute Gasteiger partial charge is 0.352 e. The first-order valence-corrected chi connectivity index (χ1v) is 15.3. The van der Waals surface area contributed by atoms with Crippen molar-refractivity contribution in [3.63, 3.8) is 0 Å². The Morgan fingerprint density at radius 1 is 0.925 bits per heavy atom. The van der Waals surface area contributed by atoms with E-state index in [1.54, 1.807) is 43.3 Å². The van der Waals surface area contributed by atoms with E-state index in [0.717, 1.165) is 9.87 Å². The number of nitrogens with one attached hydrogen (secondary N) is 1. The van der Waals surface area contributed by atoms with Gasteiger partial charge in [-0.3, -0.25) is 13.9 Å². The number of carbonyl (C=O) groups excluding carboxylic acids is 2. The van der Waals surface area contributed by atoms with Gasteiger partial charge in [0, 0.05) is 27.7 Å². The number of sulfonamides is 1. The highest BCUT2D eigenvalue weighted by Crippen LogP contribution is 2.27. The first-order valence-electron chi connectivity index (χ1n) is 12.7. The molecular formula is C29H32Cl3N3O4S. The molecule has 0 heterocycles. The maximum absolute atomic E-state index is 14.0. The molecule has 3 rings (SSSR count). The highest BCUT2D eigenvalue weighted by atomic mass is 35.5. The van der Waals surface area contributed by atoms with Crippen molar-refractivity contribution >= 4 is 62.3 Å². The summed E-state index contributed by atoms with van der Waals surface area (Å²) >= 11 is 18.5. The molecule has 0 aliphatic rings. The van der Waals surface area contributed by atoms with Crippen molar-refractivity contribution in [1.82, 2.24) is 10.2 Å². The van der Waals surface area contributed by atoms with Gasteiger partial charge in [-0.05, 0) is 86.8 Å². The number of hydrogen-bond donors (Lipinski definition) is 1. The summed E-state index contributed by atoms with van der Waals surface area (Å²) in [7, 11) is -4.19. The molecule has 1 N–H and O–H groups in total. The van der Waals surface area contributed by atoms with Gasteiger partial charge in [0.05, 0.1) is 10.6 Å². The predicted molar refractivity (Wildman–Crippen MR) is 162 cm³/mol. The Kier molecular flexibility index (Phi) is 10.9. The maximum atomic E-state index is 14.0. The van der Waals surface area contributed by atoms with Gasteiger partial charge in [-0.15, -0.1) is 0 Å². The summed E-state index contributed by atoms with van der Waals surface area (Å²) in [4.78, 5) is 28.4. The zero-order valence-corrected chi connectivity index (χ0v) is 25.8. The van der Waals surface area contributed by atoms with E-state index in [-0.39, 0.29) is 23.4 Å². The summed E-state index contributed by atoms with van der Waals surface area (Å²) < 4.78 is 28.7. The Morgan fingerprint density at radius 2 is 1.57 bits per heavy atom. The summed E-state index contributed by atoms with van der Waals surface area (Å²) in [6.45, 7) is 6.64. The number of hydrogen-bond acceptors (Lipinski definition) is 4. The van der Waals surface area contributed by atoms with E-state index in [4.69, 9.17) is 34.8 Å². The van der Waals surface area contributed by atoms with Gasteiger partial charge in [0.25, 0.3) is 10.0 Å². The van der Waals surface area contributed by atoms with Gasteiger partial charge in [-0.2, -0.15) is 0 Å². The van der Waals surface area contributed by atoms with Crippen molar-refractivity contribution < 1.29 is 18.0 Å². The van der Waals surface area contributed by atoms with Crippen LogP contribution in [-0.2, 0) is 26.2 Å². The van der Waals surface area contributed by atoms with E-state index in [1.165, 1.54) is 29.2 Å². The predicted octanol–water partition coefficient (Wildman–Crippen LogP) is 6.48. The van der Waals surface area contributed by atoms with Gasteiger partial charge >= 0.3 is 0 Å². The molecule has 0 aliphatic heterocycles. The topological polar surface area (TPSA) is 86.8 Å². The monoisotopic (exact) mass is 623 g/mol. The number of aryl methyl sites for hydroxylation is 1. The van der Waals surface area contributed by atoms with E-state index in [9.17, 15) is 18.0 Å². The molecule has 0 saturated heterocycles. The molecule has 0 fully saturated rings. The normalized spacial score (nSPS) is 12.9. The zero-order chi connectivity index (χ0) is 29.6. The molecule has 214 valence electrons. The molecule has 3 aromatic carbocycles. The number of halogens is 3. The molecular weight excluding hydrogens is 593 g/mol. The van der Waals surface area contributed by atoms with E-state index in [0.29, 0.717) is 32.7 Å². The molecule has 11 heteroatoms. The van der Waals surface area contributed by atoms with Gasteiger partial charge in [0.1, 0.15) is 12.6 Å². The Labute approximate surface area is 251 Å². The van der Waals surface area contributed by atoms with Crippen LogP contribution in [-0.4, -0.2) is 43.8 Å². The van der Waals surface area contributed by atoms with Crippen molar-refractivity contribution in [3.05, 3.63) is 92.9 Å². The molecule has 3 aromatic rings. The Hall–Kier alpha value is -2.78. The number of benzene rings is 3. The van der Waals surface area contributed by atoms with Crippen LogP contribution in [0.5, 0.6) is 0 Å². The molecule has 7 nitrogen and oxygen atoms in total. The molecule has 2 unspecified atom stereocenters. The number of anilines is 1. The molecule has 0 saturated carbocycles. The number of rotatable bonds is 11. The lowest BCUT2D eigenvalue weighted by atomic mass is 10.1. The third kappa shape index (κ3) is 7.91. The highest BCUT2D eigenvalue weighted by Gasteiger charge is 2.33. The van der Waals surface area contributed by atoms with Crippen LogP contribution in [0.25, 0.3) is 0 Å². The third-order valence-electron chi connectivity index (χ3n) is 6.49. The van der Waals surface area contributed by atoms with Gasteiger partial charge in [0.15, 0.2) is 0 Å². The van der Waals surface area contributed by atoms with Gasteiger partial charge in [-0.1, -0.05) is 59.9 Å². The lowest BCUT2D eigenvalue weighted by Crippen LogP contribution is -2.52. The standard InChI is InChI=1S/C29H32Cl3N3O4S/c1-5-20(3)33-29(37)21(4)34(17-22-9-10-24(31)16-27(22)32)28(36)18-35(25-8-6-7-19(2)15-25)40(38,39)26-13-11-23(30)12-14-26/h6-16,20-21H,5,17-18H2,1-4H3,(H,33,37). The van der Waals surface area contributed by atoms with Crippen LogP contribution in [0.3, 0.4) is 0 Å². The van der Waals surface area contributed by atoms with Crippen LogP contribution in [0.1, 0.15) is 38.3 Å². The lowest BCUT2D eigenvalue weighted by molar-refractivity contribution is -0.139. The van der Waals surface area contributed by atoms with Gasteiger partial charge in [-0.25, -0.2) is 8.42 Å². The molecule has 0 aromatic heterocycles. The molecule has 2 atom stereocenters. The second kappa shape index (κ2) is 13.7. The third-order valence-corrected chi connectivity index (χ3v) is 9.12. The molecule has 40 heavy (non-hydrogen) atoms. The summed E-state index contributed by atoms with van der Waals surface area (Å²) in [5.74, 6) is -0.952. The maximum Gasteiger partial charge on any atom is 0.264 e. The van der Waals surface area contributed by atoms with E-state index >= 15 is 0 Å². The molecule has 0 radical (unpaired) electrons. The van der Waals surface area contributed by atoms with Crippen LogP contribution in [0, 0.1) is 6.92 Å². The summed E-state index contributed by atoms with van der Waals surface area (Å²) in [5, 5.41) is 4.02. The number of nitrogens with zero attached hydrogens (tertiary/aromatic N) is 2. The zero-order valence-electron chi connectivity index (χ0n) is 22.7. The quantitative estimate of drug-likeness (QED) is 0.265. The van der Waals surface area contributed by atoms with Crippen LogP contribution in [0.4, 0.5) is 5.69 Å². The van der Waals surface area contributed by atoms with Crippen LogP contribution >= 0.6 is 34.8 Å². The minimum absolute atomic E-state index is 0.0268. The minimum atomic E-state index is -4.19. The summed E-state index contributed by atoms with van der Waals surface area (Å²) in [6.07, 6.45) is 0.704. The number of carbonyl (C=O) groups is 2. The second-order valence-electron chi connectivity index (χ2n) is 9.56. The number of amides is 2. The molecule has 0 aliphatic carbocycles.